The van der Waals surface area contributed by atoms with E-state index >= 15 is 0 Å². The lowest BCUT2D eigenvalue weighted by Gasteiger charge is -2.43. The summed E-state index contributed by atoms with van der Waals surface area (Å²) in [7, 11) is 0. The molecule has 2 aromatic rings. The zero-order valence-corrected chi connectivity index (χ0v) is 25.6. The van der Waals surface area contributed by atoms with Crippen LogP contribution in [-0.4, -0.2) is 73.6 Å². The Morgan fingerprint density at radius 3 is 2.11 bits per heavy atom. The molecule has 0 bridgehead atoms. The van der Waals surface area contributed by atoms with E-state index in [1.807, 2.05) is 6.92 Å². The molecule has 5 atom stereocenters. The van der Waals surface area contributed by atoms with Crippen molar-refractivity contribution in [3.8, 4) is 5.75 Å². The van der Waals surface area contributed by atoms with Gasteiger partial charge in [0.15, 0.2) is 12.2 Å². The molecule has 1 saturated heterocycles. The number of esters is 4. The van der Waals surface area contributed by atoms with E-state index < -0.39 is 72.7 Å². The number of unbranched alkanes of at least 4 members (excludes halogenated alkanes) is 2. The number of hydrogen-bond acceptors (Lipinski definition) is 13. The van der Waals surface area contributed by atoms with E-state index in [4.69, 9.17) is 44.4 Å². The Balaban J connectivity index is 2.04. The molecule has 3 rings (SSSR count). The first-order chi connectivity index (χ1) is 20.8. The normalized spacial score (nSPS) is 21.2. The minimum absolute atomic E-state index is 0.0356. The van der Waals surface area contributed by atoms with Crippen LogP contribution in [0.3, 0.4) is 0 Å². The van der Waals surface area contributed by atoms with Crippen molar-refractivity contribution in [3.63, 3.8) is 0 Å². The second-order valence-electron chi connectivity index (χ2n) is 9.91. The molecule has 2 heterocycles. The van der Waals surface area contributed by atoms with Gasteiger partial charge in [0.1, 0.15) is 24.0 Å². The van der Waals surface area contributed by atoms with Gasteiger partial charge in [-0.25, -0.2) is 4.79 Å². The highest BCUT2D eigenvalue weighted by Crippen LogP contribution is 2.36. The van der Waals surface area contributed by atoms with Crippen molar-refractivity contribution in [1.29, 1.82) is 0 Å². The number of amides is 1. The summed E-state index contributed by atoms with van der Waals surface area (Å²) in [4.78, 5) is 72.9. The number of carbonyl (C=O) groups is 5. The molecule has 240 valence electrons. The van der Waals surface area contributed by atoms with Crippen LogP contribution < -0.4 is 15.7 Å². The van der Waals surface area contributed by atoms with Crippen LogP contribution in [0.4, 0.5) is 0 Å². The first-order valence-corrected chi connectivity index (χ1v) is 14.2. The van der Waals surface area contributed by atoms with E-state index in [9.17, 15) is 28.8 Å². The molecule has 1 N–H and O–H groups in total. The van der Waals surface area contributed by atoms with E-state index in [1.165, 1.54) is 12.1 Å². The molecule has 1 fully saturated rings. The fraction of sp³-hybridized carbons (Fsp3) is 0.517. The second kappa shape index (κ2) is 15.5. The van der Waals surface area contributed by atoms with Crippen molar-refractivity contribution in [3.05, 3.63) is 39.2 Å². The van der Waals surface area contributed by atoms with E-state index in [0.717, 1.165) is 53.0 Å². The quantitative estimate of drug-likeness (QED) is 0.155. The molecule has 5 unspecified atom stereocenters. The number of benzene rings is 1. The van der Waals surface area contributed by atoms with Gasteiger partial charge in [0.2, 0.25) is 12.4 Å². The largest absolute Gasteiger partial charge is 0.463 e. The summed E-state index contributed by atoms with van der Waals surface area (Å²) in [5.41, 5.74) is -0.827. The number of halogens is 1. The molecule has 1 aliphatic heterocycles. The molecule has 1 aromatic heterocycles. The van der Waals surface area contributed by atoms with Crippen LogP contribution in [0, 0.1) is 0 Å². The van der Waals surface area contributed by atoms with Gasteiger partial charge in [0, 0.05) is 51.8 Å². The van der Waals surface area contributed by atoms with Crippen LogP contribution in [0.25, 0.3) is 11.0 Å². The van der Waals surface area contributed by atoms with Crippen molar-refractivity contribution in [1.82, 2.24) is 5.32 Å². The second-order valence-corrected chi connectivity index (χ2v) is 10.3. The Hall–Kier alpha value is -4.17. The van der Waals surface area contributed by atoms with E-state index in [0.29, 0.717) is 6.54 Å². The van der Waals surface area contributed by atoms with Gasteiger partial charge >= 0.3 is 29.5 Å². The lowest BCUT2D eigenvalue weighted by Crippen LogP contribution is -2.63. The summed E-state index contributed by atoms with van der Waals surface area (Å²) in [5, 5.41) is 2.93. The first kappa shape index (κ1) is 34.3. The highest BCUT2D eigenvalue weighted by molar-refractivity contribution is 6.33. The van der Waals surface area contributed by atoms with Gasteiger partial charge in [-0.3, -0.25) is 24.0 Å². The summed E-state index contributed by atoms with van der Waals surface area (Å²) < 4.78 is 38.4. The van der Waals surface area contributed by atoms with Crippen LogP contribution in [0.1, 0.15) is 64.2 Å². The SMILES string of the molecule is CCCCCNC(=O)c1cc(=O)oc2cc(OC3OC(COC(C)=O)C(OC(C)=O)C(OC(C)=O)C3OC(C)=O)c(Cl)cc12. The molecule has 0 spiro atoms. The molecule has 0 saturated carbocycles. The third-order valence-electron chi connectivity index (χ3n) is 6.30. The highest BCUT2D eigenvalue weighted by Gasteiger charge is 2.53. The number of fused-ring (bicyclic) bond motifs is 1. The van der Waals surface area contributed by atoms with Gasteiger partial charge in [-0.15, -0.1) is 0 Å². The van der Waals surface area contributed by atoms with Crippen LogP contribution in [0.15, 0.2) is 27.4 Å². The summed E-state index contributed by atoms with van der Waals surface area (Å²) in [5.74, 6) is -3.75. The van der Waals surface area contributed by atoms with Crippen molar-refractivity contribution in [2.45, 2.75) is 84.6 Å². The lowest BCUT2D eigenvalue weighted by molar-refractivity contribution is -0.288. The van der Waals surface area contributed by atoms with E-state index in [1.54, 1.807) is 0 Å². The van der Waals surface area contributed by atoms with Gasteiger partial charge < -0.3 is 38.2 Å². The molecule has 0 aliphatic carbocycles. The minimum Gasteiger partial charge on any atom is -0.463 e. The average Bonchev–Trinajstić information content (AvgIpc) is 2.92. The smallest absolute Gasteiger partial charge is 0.337 e. The maximum atomic E-state index is 12.9. The van der Waals surface area contributed by atoms with Crippen molar-refractivity contribution < 1.29 is 56.8 Å². The molecule has 1 aromatic carbocycles. The standard InChI is InChI=1S/C29H34ClNO13/c1-6-7-8-9-31-28(37)19-11-24(36)42-21-12-22(20(30)10-18(19)21)43-29-27(41-17(5)35)26(40-16(4)34)25(39-15(3)33)23(44-29)13-38-14(2)32/h10-12,23,25-27,29H,6-9,13H2,1-5H3,(H,31,37). The maximum absolute atomic E-state index is 12.9. The molecule has 1 aliphatic rings. The zero-order chi connectivity index (χ0) is 32.6. The van der Waals surface area contributed by atoms with Gasteiger partial charge in [0.05, 0.1) is 10.6 Å². The summed E-state index contributed by atoms with van der Waals surface area (Å²) in [6.45, 7) is 6.38. The monoisotopic (exact) mass is 639 g/mol. The topological polar surface area (TPSA) is 183 Å². The van der Waals surface area contributed by atoms with Crippen molar-refractivity contribution in [2.24, 2.45) is 0 Å². The summed E-state index contributed by atoms with van der Waals surface area (Å²) in [6, 6.07) is 3.64. The summed E-state index contributed by atoms with van der Waals surface area (Å²) >= 11 is 6.53. The van der Waals surface area contributed by atoms with Gasteiger partial charge in [0.25, 0.3) is 5.91 Å². The lowest BCUT2D eigenvalue weighted by atomic mass is 9.98. The van der Waals surface area contributed by atoms with Gasteiger partial charge in [-0.1, -0.05) is 31.4 Å². The molecular formula is C29H34ClNO13. The minimum atomic E-state index is -1.58. The third-order valence-corrected chi connectivity index (χ3v) is 6.59. The van der Waals surface area contributed by atoms with Crippen LogP contribution in [0.5, 0.6) is 5.75 Å². The average molecular weight is 640 g/mol. The fourth-order valence-electron chi connectivity index (χ4n) is 4.52. The number of nitrogens with one attached hydrogen (secondary N) is 1. The molecule has 44 heavy (non-hydrogen) atoms. The van der Waals surface area contributed by atoms with E-state index in [-0.39, 0.29) is 27.3 Å². The number of ether oxygens (including phenoxy) is 6. The van der Waals surface area contributed by atoms with Crippen LogP contribution in [-0.2, 0) is 42.9 Å². The van der Waals surface area contributed by atoms with Crippen LogP contribution in [0.2, 0.25) is 5.02 Å². The zero-order valence-electron chi connectivity index (χ0n) is 24.8. The highest BCUT2D eigenvalue weighted by atomic mass is 35.5. The van der Waals surface area contributed by atoms with Gasteiger partial charge in [-0.2, -0.15) is 0 Å². The number of carbonyl (C=O) groups excluding carboxylic acids is 5. The van der Waals surface area contributed by atoms with Gasteiger partial charge in [-0.05, 0) is 12.5 Å². The van der Waals surface area contributed by atoms with Crippen LogP contribution >= 0.6 is 11.6 Å². The molecule has 15 heteroatoms. The van der Waals surface area contributed by atoms with E-state index in [2.05, 4.69) is 5.32 Å². The maximum Gasteiger partial charge on any atom is 0.337 e. The Morgan fingerprint density at radius 1 is 0.864 bits per heavy atom. The predicted molar refractivity (Wildman–Crippen MR) is 152 cm³/mol. The third kappa shape index (κ3) is 9.16. The molecule has 0 radical (unpaired) electrons. The molecule has 1 amide bonds. The Labute approximate surface area is 257 Å². The summed E-state index contributed by atoms with van der Waals surface area (Å²) in [6.07, 6.45) is -4.57. The fourth-order valence-corrected chi connectivity index (χ4v) is 4.73. The Kier molecular flexibility index (Phi) is 12.1. The molecule has 14 nitrogen and oxygen atoms in total. The van der Waals surface area contributed by atoms with Crippen molar-refractivity contribution in [2.75, 3.05) is 13.2 Å². The predicted octanol–water partition coefficient (Wildman–Crippen LogP) is 2.83. The number of rotatable bonds is 12. The first-order valence-electron chi connectivity index (χ1n) is 13.8. The molecular weight excluding hydrogens is 606 g/mol. The van der Waals surface area contributed by atoms with Crippen molar-refractivity contribution >= 4 is 52.4 Å². The Bertz CT molecular complexity index is 1450. The number of hydrogen-bond donors (Lipinski definition) is 1. The Morgan fingerprint density at radius 2 is 1.50 bits per heavy atom.